The van der Waals surface area contributed by atoms with Crippen LogP contribution in [0.1, 0.15) is 30.6 Å². The topological polar surface area (TPSA) is 80.5 Å². The van der Waals surface area contributed by atoms with E-state index in [9.17, 15) is 4.79 Å². The molecule has 1 aliphatic rings. The zero-order valence-electron chi connectivity index (χ0n) is 12.9. The highest BCUT2D eigenvalue weighted by atomic mass is 16.5. The number of hydrogen-bond acceptors (Lipinski definition) is 6. The molecule has 0 radical (unpaired) electrons. The molecule has 21 heavy (non-hydrogen) atoms. The number of carbonyl (C=O) groups is 1. The van der Waals surface area contributed by atoms with Gasteiger partial charge in [-0.15, -0.1) is 0 Å². The van der Waals surface area contributed by atoms with Gasteiger partial charge in [0.25, 0.3) is 0 Å². The summed E-state index contributed by atoms with van der Waals surface area (Å²) >= 11 is 0. The number of likely N-dealkylation sites (tertiary alicyclic amines) is 1. The average Bonchev–Trinajstić information content (AvgIpc) is 2.94. The molecular formula is C15H24N4O2. The number of nitrogens with two attached hydrogens (primary N) is 1. The molecule has 0 aliphatic carbocycles. The van der Waals surface area contributed by atoms with E-state index in [4.69, 9.17) is 10.5 Å². The first-order valence-electron chi connectivity index (χ1n) is 7.33. The molecule has 116 valence electrons. The van der Waals surface area contributed by atoms with E-state index in [1.807, 2.05) is 0 Å². The van der Waals surface area contributed by atoms with Gasteiger partial charge in [-0.05, 0) is 38.8 Å². The van der Waals surface area contributed by atoms with Crippen LogP contribution in [0.5, 0.6) is 0 Å². The van der Waals surface area contributed by atoms with Gasteiger partial charge in [0.15, 0.2) is 0 Å². The van der Waals surface area contributed by atoms with Gasteiger partial charge >= 0.3 is 5.97 Å². The van der Waals surface area contributed by atoms with E-state index in [0.29, 0.717) is 29.0 Å². The second-order valence-corrected chi connectivity index (χ2v) is 5.77. The largest absolute Gasteiger partial charge is 0.465 e. The Morgan fingerprint density at radius 1 is 1.62 bits per heavy atom. The van der Waals surface area contributed by atoms with Crippen molar-refractivity contribution in [3.63, 3.8) is 0 Å². The number of methoxy groups -OCH3 is 1. The minimum absolute atomic E-state index is 0.333. The number of esters is 1. The van der Waals surface area contributed by atoms with Crippen LogP contribution in [0, 0.1) is 5.92 Å². The van der Waals surface area contributed by atoms with E-state index in [1.54, 1.807) is 6.07 Å². The predicted octanol–water partition coefficient (Wildman–Crippen LogP) is 1.59. The fourth-order valence-corrected chi connectivity index (χ4v) is 2.60. The van der Waals surface area contributed by atoms with Crippen LogP contribution < -0.4 is 11.1 Å². The van der Waals surface area contributed by atoms with Gasteiger partial charge in [-0.1, -0.05) is 0 Å². The number of hydrogen-bond donors (Lipinski definition) is 2. The molecule has 0 amide bonds. The molecule has 0 saturated carbocycles. The third kappa shape index (κ3) is 3.85. The molecule has 0 aromatic carbocycles. The molecule has 2 heterocycles. The Labute approximate surface area is 125 Å². The second kappa shape index (κ2) is 6.76. The first-order chi connectivity index (χ1) is 10.0. The van der Waals surface area contributed by atoms with Gasteiger partial charge in [-0.3, -0.25) is 0 Å². The number of nitrogens with one attached hydrogen (secondary N) is 1. The molecule has 0 spiro atoms. The maximum Gasteiger partial charge on any atom is 0.340 e. The Morgan fingerprint density at radius 2 is 2.38 bits per heavy atom. The summed E-state index contributed by atoms with van der Waals surface area (Å²) in [4.78, 5) is 18.3. The number of nitrogens with zero attached hydrogens (tertiary/aromatic N) is 2. The van der Waals surface area contributed by atoms with Crippen LogP contribution in [0.2, 0.25) is 0 Å². The van der Waals surface area contributed by atoms with Crippen LogP contribution in [0.25, 0.3) is 0 Å². The lowest BCUT2D eigenvalue weighted by Crippen LogP contribution is -2.29. The number of carbonyl (C=O) groups excluding carboxylic acids is 1. The number of aromatic nitrogens is 1. The standard InChI is InChI=1S/C15H24N4O2/c1-10(2)19-5-4-11(9-19)7-17-14-6-12(15(20)21-3)13(16)8-18-14/h6,8,10-11H,4-5,7,9,16H2,1-3H3,(H,17,18). The molecule has 3 N–H and O–H groups in total. The summed E-state index contributed by atoms with van der Waals surface area (Å²) in [7, 11) is 1.34. The molecule has 2 rings (SSSR count). The summed E-state index contributed by atoms with van der Waals surface area (Å²) in [5.41, 5.74) is 6.42. The highest BCUT2D eigenvalue weighted by molar-refractivity contribution is 5.95. The van der Waals surface area contributed by atoms with Crippen LogP contribution in [0.15, 0.2) is 12.3 Å². The van der Waals surface area contributed by atoms with E-state index in [1.165, 1.54) is 19.7 Å². The van der Waals surface area contributed by atoms with Crippen molar-refractivity contribution >= 4 is 17.5 Å². The summed E-state index contributed by atoms with van der Waals surface area (Å²) < 4.78 is 4.71. The SMILES string of the molecule is COC(=O)c1cc(NCC2CCN(C(C)C)C2)ncc1N. The fourth-order valence-electron chi connectivity index (χ4n) is 2.60. The van der Waals surface area contributed by atoms with E-state index in [2.05, 4.69) is 29.0 Å². The third-order valence-corrected chi connectivity index (χ3v) is 3.96. The Kier molecular flexibility index (Phi) is 5.01. The van der Waals surface area contributed by atoms with Crippen LogP contribution >= 0.6 is 0 Å². The monoisotopic (exact) mass is 292 g/mol. The van der Waals surface area contributed by atoms with Gasteiger partial charge in [0.05, 0.1) is 24.6 Å². The molecule has 1 aliphatic heterocycles. The van der Waals surface area contributed by atoms with Crippen molar-refractivity contribution in [1.29, 1.82) is 0 Å². The maximum absolute atomic E-state index is 11.6. The van der Waals surface area contributed by atoms with E-state index in [0.717, 1.165) is 19.6 Å². The lowest BCUT2D eigenvalue weighted by Gasteiger charge is -2.20. The lowest BCUT2D eigenvalue weighted by atomic mass is 10.1. The highest BCUT2D eigenvalue weighted by Gasteiger charge is 2.24. The van der Waals surface area contributed by atoms with E-state index in [-0.39, 0.29) is 0 Å². The van der Waals surface area contributed by atoms with Crippen LogP contribution in [-0.4, -0.2) is 48.6 Å². The molecule has 6 heteroatoms. The molecule has 0 bridgehead atoms. The lowest BCUT2D eigenvalue weighted by molar-refractivity contribution is 0.0602. The number of anilines is 2. The summed E-state index contributed by atoms with van der Waals surface area (Å²) in [5, 5.41) is 3.29. The molecule has 1 unspecified atom stereocenters. The van der Waals surface area contributed by atoms with Gasteiger partial charge in [-0.2, -0.15) is 0 Å². The number of ether oxygens (including phenoxy) is 1. The van der Waals surface area contributed by atoms with Crippen molar-refractivity contribution in [2.45, 2.75) is 26.3 Å². The average molecular weight is 292 g/mol. The second-order valence-electron chi connectivity index (χ2n) is 5.77. The Hall–Kier alpha value is -1.82. The van der Waals surface area contributed by atoms with E-state index >= 15 is 0 Å². The zero-order valence-corrected chi connectivity index (χ0v) is 12.9. The van der Waals surface area contributed by atoms with Crippen LogP contribution in [0.3, 0.4) is 0 Å². The van der Waals surface area contributed by atoms with Crippen LogP contribution in [-0.2, 0) is 4.74 Å². The Bertz CT molecular complexity index is 504. The molecule has 1 atom stereocenters. The normalized spacial score (nSPS) is 19.0. The van der Waals surface area contributed by atoms with Crippen molar-refractivity contribution in [3.8, 4) is 0 Å². The van der Waals surface area contributed by atoms with Crippen molar-refractivity contribution < 1.29 is 9.53 Å². The van der Waals surface area contributed by atoms with E-state index < -0.39 is 5.97 Å². The van der Waals surface area contributed by atoms with Gasteiger partial charge in [0, 0.05) is 19.1 Å². The highest BCUT2D eigenvalue weighted by Crippen LogP contribution is 2.20. The van der Waals surface area contributed by atoms with Crippen molar-refractivity contribution in [3.05, 3.63) is 17.8 Å². The summed E-state index contributed by atoms with van der Waals surface area (Å²) in [6.45, 7) is 7.54. The van der Waals surface area contributed by atoms with Gasteiger partial charge in [0.2, 0.25) is 0 Å². The number of nitrogen functional groups attached to an aromatic ring is 1. The summed E-state index contributed by atoms with van der Waals surface area (Å²) in [6, 6.07) is 2.24. The minimum Gasteiger partial charge on any atom is -0.465 e. The van der Waals surface area contributed by atoms with Gasteiger partial charge in [-0.25, -0.2) is 9.78 Å². The van der Waals surface area contributed by atoms with Crippen molar-refractivity contribution in [2.75, 3.05) is 37.8 Å². The third-order valence-electron chi connectivity index (χ3n) is 3.96. The molecule has 1 aromatic heterocycles. The van der Waals surface area contributed by atoms with Crippen molar-refractivity contribution in [2.24, 2.45) is 5.92 Å². The zero-order chi connectivity index (χ0) is 15.4. The first kappa shape index (κ1) is 15.6. The van der Waals surface area contributed by atoms with Crippen molar-refractivity contribution in [1.82, 2.24) is 9.88 Å². The molecule has 6 nitrogen and oxygen atoms in total. The summed E-state index contributed by atoms with van der Waals surface area (Å²) in [5.74, 6) is 0.825. The molecule has 1 fully saturated rings. The number of pyridine rings is 1. The number of rotatable bonds is 5. The van der Waals surface area contributed by atoms with Crippen LogP contribution in [0.4, 0.5) is 11.5 Å². The minimum atomic E-state index is -0.440. The Balaban J connectivity index is 1.93. The quantitative estimate of drug-likeness (QED) is 0.802. The smallest absolute Gasteiger partial charge is 0.340 e. The summed E-state index contributed by atoms with van der Waals surface area (Å²) in [6.07, 6.45) is 2.67. The van der Waals surface area contributed by atoms with Gasteiger partial charge in [0.1, 0.15) is 5.82 Å². The molecule has 1 aromatic rings. The molecule has 1 saturated heterocycles. The molecular weight excluding hydrogens is 268 g/mol. The maximum atomic E-state index is 11.6. The fraction of sp³-hybridized carbons (Fsp3) is 0.600. The van der Waals surface area contributed by atoms with Gasteiger partial charge < -0.3 is 20.7 Å². The Morgan fingerprint density at radius 3 is 3.00 bits per heavy atom. The predicted molar refractivity (Wildman–Crippen MR) is 83.3 cm³/mol. The first-order valence-corrected chi connectivity index (χ1v) is 7.33.